The summed E-state index contributed by atoms with van der Waals surface area (Å²) in [5, 5.41) is 21.8. The van der Waals surface area contributed by atoms with E-state index in [2.05, 4.69) is 5.10 Å². The molecule has 3 rings (SSSR count). The second kappa shape index (κ2) is 12.1. The van der Waals surface area contributed by atoms with E-state index < -0.39 is 48.6 Å². The zero-order valence-corrected chi connectivity index (χ0v) is 20.4. The van der Waals surface area contributed by atoms with Crippen molar-refractivity contribution in [3.05, 3.63) is 74.7 Å². The maximum atomic E-state index is 15.6. The largest absolute Gasteiger partial charge is 0.481 e. The van der Waals surface area contributed by atoms with Crippen LogP contribution in [-0.4, -0.2) is 31.4 Å². The molecule has 0 saturated carbocycles. The Labute approximate surface area is 214 Å². The minimum absolute atomic E-state index is 0.0726. The number of carbonyl (C=O) groups is 2. The van der Waals surface area contributed by atoms with E-state index in [1.54, 1.807) is 19.1 Å². The number of hydrogen-bond donors (Lipinski definition) is 1. The molecule has 1 N–H and O–H groups in total. The molecule has 0 aliphatic rings. The fourth-order valence-corrected chi connectivity index (χ4v) is 3.51. The number of aromatic nitrogens is 3. The quantitative estimate of drug-likeness (QED) is 0.368. The second-order valence-electron chi connectivity index (χ2n) is 8.16. The Morgan fingerprint density at radius 1 is 1.18 bits per heavy atom. The molecule has 200 valence electrons. The van der Waals surface area contributed by atoms with Gasteiger partial charge in [-0.25, -0.2) is 18.0 Å². The maximum Gasteiger partial charge on any atom is 0.348 e. The van der Waals surface area contributed by atoms with Crippen LogP contribution in [0.5, 0.6) is 11.5 Å². The lowest BCUT2D eigenvalue weighted by Crippen LogP contribution is -2.25. The zero-order valence-electron chi connectivity index (χ0n) is 20.4. The molecule has 0 spiro atoms. The molecular formula is C25H23F3N4O6. The minimum Gasteiger partial charge on any atom is -0.481 e. The van der Waals surface area contributed by atoms with Crippen molar-refractivity contribution in [2.24, 2.45) is 7.05 Å². The average molecular weight is 532 g/mol. The van der Waals surface area contributed by atoms with Crippen molar-refractivity contribution in [3.8, 4) is 17.6 Å². The number of aryl methyl sites for hydroxylation is 1. The van der Waals surface area contributed by atoms with Gasteiger partial charge in [0.2, 0.25) is 0 Å². The van der Waals surface area contributed by atoms with Crippen LogP contribution in [0.15, 0.2) is 35.1 Å². The maximum absolute atomic E-state index is 15.6. The van der Waals surface area contributed by atoms with Gasteiger partial charge in [0.25, 0.3) is 6.43 Å². The number of alkyl halides is 2. The molecule has 0 fully saturated rings. The number of nitriles is 1. The highest BCUT2D eigenvalue weighted by atomic mass is 19.3. The van der Waals surface area contributed by atoms with Crippen LogP contribution >= 0.6 is 0 Å². The summed E-state index contributed by atoms with van der Waals surface area (Å²) < 4.78 is 54.6. The molecule has 0 aliphatic heterocycles. The number of ether oxygens (including phenoxy) is 2. The number of carboxylic acids is 1. The van der Waals surface area contributed by atoms with Crippen LogP contribution in [-0.2, 0) is 40.9 Å². The first-order valence-electron chi connectivity index (χ1n) is 11.4. The van der Waals surface area contributed by atoms with E-state index >= 15 is 4.39 Å². The molecule has 0 unspecified atom stereocenters. The van der Waals surface area contributed by atoms with Crippen LogP contribution < -0.4 is 10.4 Å². The van der Waals surface area contributed by atoms with Gasteiger partial charge in [0.05, 0.1) is 24.5 Å². The Morgan fingerprint density at radius 3 is 2.53 bits per heavy atom. The van der Waals surface area contributed by atoms with E-state index in [9.17, 15) is 23.2 Å². The Balaban J connectivity index is 1.87. The van der Waals surface area contributed by atoms with Crippen LogP contribution in [0.1, 0.15) is 54.3 Å². The van der Waals surface area contributed by atoms with Gasteiger partial charge in [0.15, 0.2) is 18.3 Å². The molecule has 0 amide bonds. The van der Waals surface area contributed by atoms with Crippen LogP contribution in [0.2, 0.25) is 0 Å². The SMILES string of the molecule is CCc1ccc(Cc2nn(COC(=O)CCC(=O)O)c(=O)n2C)c(F)c1Oc1cc(C#N)cc(C(F)F)c1. The lowest BCUT2D eigenvalue weighted by atomic mass is 10.0. The van der Waals surface area contributed by atoms with Crippen LogP contribution in [0.4, 0.5) is 13.2 Å². The third-order valence-electron chi connectivity index (χ3n) is 5.54. The highest BCUT2D eigenvalue weighted by molar-refractivity contribution is 5.76. The summed E-state index contributed by atoms with van der Waals surface area (Å²) in [6.07, 6.45) is -3.48. The van der Waals surface area contributed by atoms with Gasteiger partial charge in [-0.1, -0.05) is 19.1 Å². The number of benzene rings is 2. The minimum atomic E-state index is -2.86. The molecule has 0 radical (unpaired) electrons. The van der Waals surface area contributed by atoms with Gasteiger partial charge < -0.3 is 14.6 Å². The first kappa shape index (κ1) is 28.0. The fourth-order valence-electron chi connectivity index (χ4n) is 3.51. The van der Waals surface area contributed by atoms with Gasteiger partial charge in [0, 0.05) is 19.0 Å². The summed E-state index contributed by atoms with van der Waals surface area (Å²) in [6.45, 7) is 1.19. The first-order valence-corrected chi connectivity index (χ1v) is 11.4. The fraction of sp³-hybridized carbons (Fsp3) is 0.320. The molecule has 3 aromatic rings. The Morgan fingerprint density at radius 2 is 1.89 bits per heavy atom. The smallest absolute Gasteiger partial charge is 0.348 e. The van der Waals surface area contributed by atoms with E-state index in [1.165, 1.54) is 19.2 Å². The highest BCUT2D eigenvalue weighted by Gasteiger charge is 2.20. The number of nitrogens with zero attached hydrogens (tertiary/aromatic N) is 4. The lowest BCUT2D eigenvalue weighted by Gasteiger charge is -2.15. The van der Waals surface area contributed by atoms with Crippen molar-refractivity contribution < 1.29 is 37.3 Å². The molecule has 1 heterocycles. The molecule has 13 heteroatoms. The monoisotopic (exact) mass is 532 g/mol. The molecule has 1 aromatic heterocycles. The van der Waals surface area contributed by atoms with E-state index in [4.69, 9.17) is 19.8 Å². The van der Waals surface area contributed by atoms with Crippen molar-refractivity contribution in [1.29, 1.82) is 5.26 Å². The van der Waals surface area contributed by atoms with Gasteiger partial charge in [-0.05, 0) is 35.7 Å². The molecule has 2 aromatic carbocycles. The van der Waals surface area contributed by atoms with Crippen molar-refractivity contribution in [1.82, 2.24) is 14.3 Å². The van der Waals surface area contributed by atoms with E-state index in [-0.39, 0.29) is 41.3 Å². The van der Waals surface area contributed by atoms with Crippen molar-refractivity contribution in [2.45, 2.75) is 45.8 Å². The standard InChI is InChI=1S/C25H23F3N4O6/c1-3-15-4-5-16(22(26)23(15)38-18-9-14(12-29)8-17(10-18)24(27)28)11-19-30-32(25(36)31(19)2)13-37-21(35)7-6-20(33)34/h4-5,8-10,24H,3,6-7,11,13H2,1-2H3,(H,33,34). The van der Waals surface area contributed by atoms with Crippen LogP contribution in [0.3, 0.4) is 0 Å². The Bertz CT molecular complexity index is 1460. The zero-order chi connectivity index (χ0) is 28.0. The number of hydrogen-bond acceptors (Lipinski definition) is 7. The number of aliphatic carboxylic acids is 1. The normalized spacial score (nSPS) is 10.9. The second-order valence-corrected chi connectivity index (χ2v) is 8.16. The summed E-state index contributed by atoms with van der Waals surface area (Å²) >= 11 is 0. The van der Waals surface area contributed by atoms with Gasteiger partial charge in [-0.15, -0.1) is 0 Å². The third kappa shape index (κ3) is 6.58. The molecule has 0 saturated heterocycles. The van der Waals surface area contributed by atoms with Gasteiger partial charge >= 0.3 is 17.6 Å². The topological polar surface area (TPSA) is 136 Å². The number of rotatable bonds is 11. The summed E-state index contributed by atoms with van der Waals surface area (Å²) in [5.74, 6) is -3.02. The van der Waals surface area contributed by atoms with Crippen molar-refractivity contribution in [3.63, 3.8) is 0 Å². The molecule has 38 heavy (non-hydrogen) atoms. The molecule has 0 bridgehead atoms. The van der Waals surface area contributed by atoms with Crippen molar-refractivity contribution >= 4 is 11.9 Å². The summed E-state index contributed by atoms with van der Waals surface area (Å²) in [5.41, 5.74) is -0.642. The third-order valence-corrected chi connectivity index (χ3v) is 5.54. The van der Waals surface area contributed by atoms with Crippen LogP contribution in [0.25, 0.3) is 0 Å². The Hall–Kier alpha value is -4.60. The van der Waals surface area contributed by atoms with Crippen LogP contribution in [0, 0.1) is 17.1 Å². The summed E-state index contributed by atoms with van der Waals surface area (Å²) in [7, 11) is 1.39. The van der Waals surface area contributed by atoms with Crippen molar-refractivity contribution in [2.75, 3.05) is 0 Å². The van der Waals surface area contributed by atoms with E-state index in [1.807, 2.05) is 0 Å². The number of esters is 1. The lowest BCUT2D eigenvalue weighted by molar-refractivity contribution is -0.151. The number of carboxylic acid groups (broad SMARTS) is 1. The number of halogens is 3. The predicted octanol–water partition coefficient (Wildman–Crippen LogP) is 3.84. The van der Waals surface area contributed by atoms with Gasteiger partial charge in [-0.3, -0.25) is 14.2 Å². The van der Waals surface area contributed by atoms with E-state index in [0.717, 1.165) is 21.4 Å². The van der Waals surface area contributed by atoms with Gasteiger partial charge in [0.1, 0.15) is 11.6 Å². The first-order chi connectivity index (χ1) is 18.0. The summed E-state index contributed by atoms with van der Waals surface area (Å²) in [6, 6.07) is 8.11. The van der Waals surface area contributed by atoms with E-state index in [0.29, 0.717) is 12.0 Å². The molecular weight excluding hydrogens is 509 g/mol. The average Bonchev–Trinajstić information content (AvgIpc) is 3.16. The molecule has 10 nitrogen and oxygen atoms in total. The predicted molar refractivity (Wildman–Crippen MR) is 125 cm³/mol. The highest BCUT2D eigenvalue weighted by Crippen LogP contribution is 2.34. The van der Waals surface area contributed by atoms with Gasteiger partial charge in [-0.2, -0.15) is 15.0 Å². The number of carbonyl (C=O) groups excluding carboxylic acids is 1. The summed E-state index contributed by atoms with van der Waals surface area (Å²) in [4.78, 5) is 34.7. The Kier molecular flexibility index (Phi) is 8.90. The molecule has 0 aliphatic carbocycles. The molecule has 0 atom stereocenters.